The third-order valence-electron chi connectivity index (χ3n) is 3.70. The number of hydrogen-bond donors (Lipinski definition) is 2. The number of nitrogens with one attached hydrogen (secondary N) is 1. The molecule has 1 aromatic heterocycles. The number of aromatic nitrogens is 1. The van der Waals surface area contributed by atoms with Crippen LogP contribution in [0.1, 0.15) is 38.2 Å². The van der Waals surface area contributed by atoms with Crippen LogP contribution in [-0.2, 0) is 9.59 Å². The molecule has 2 rings (SSSR count). The highest BCUT2D eigenvalue weighted by Crippen LogP contribution is 2.38. The van der Waals surface area contributed by atoms with Crippen LogP contribution in [0.4, 0.5) is 5.82 Å². The van der Waals surface area contributed by atoms with Gasteiger partial charge in [-0.05, 0) is 36.6 Å². The summed E-state index contributed by atoms with van der Waals surface area (Å²) in [5.41, 5.74) is 0.378. The summed E-state index contributed by atoms with van der Waals surface area (Å²) in [6.45, 7) is 1.98. The minimum atomic E-state index is -1.01. The fourth-order valence-corrected chi connectivity index (χ4v) is 2.44. The lowest BCUT2D eigenvalue weighted by Gasteiger charge is -2.21. The summed E-state index contributed by atoms with van der Waals surface area (Å²) < 4.78 is 0. The van der Waals surface area contributed by atoms with Crippen molar-refractivity contribution >= 4 is 23.8 Å². The first-order chi connectivity index (χ1) is 9.49. The third-order valence-corrected chi connectivity index (χ3v) is 3.70. The zero-order chi connectivity index (χ0) is 14.6. The predicted molar refractivity (Wildman–Crippen MR) is 76.1 cm³/mol. The monoisotopic (exact) mass is 274 g/mol. The van der Waals surface area contributed by atoms with Crippen molar-refractivity contribution in [3.8, 4) is 0 Å². The van der Waals surface area contributed by atoms with Gasteiger partial charge in [-0.2, -0.15) is 0 Å². The first-order valence-electron chi connectivity index (χ1n) is 6.68. The molecule has 0 bridgehead atoms. The molecule has 1 aliphatic carbocycles. The van der Waals surface area contributed by atoms with E-state index < -0.39 is 5.97 Å². The van der Waals surface area contributed by atoms with Crippen LogP contribution < -0.4 is 5.32 Å². The predicted octanol–water partition coefficient (Wildman–Crippen LogP) is 2.70. The van der Waals surface area contributed by atoms with E-state index in [9.17, 15) is 9.59 Å². The van der Waals surface area contributed by atoms with Gasteiger partial charge in [0.2, 0.25) is 5.91 Å². The molecule has 1 heterocycles. The van der Waals surface area contributed by atoms with Crippen LogP contribution in [0.2, 0.25) is 0 Å². The van der Waals surface area contributed by atoms with Gasteiger partial charge in [0, 0.05) is 17.7 Å². The van der Waals surface area contributed by atoms with Crippen molar-refractivity contribution in [1.82, 2.24) is 4.98 Å². The number of amides is 1. The maximum Gasteiger partial charge on any atom is 0.328 e. The highest BCUT2D eigenvalue weighted by Gasteiger charge is 2.36. The lowest BCUT2D eigenvalue weighted by atomic mass is 9.88. The van der Waals surface area contributed by atoms with Crippen molar-refractivity contribution in [2.24, 2.45) is 5.41 Å². The minimum Gasteiger partial charge on any atom is -0.478 e. The van der Waals surface area contributed by atoms with Crippen LogP contribution >= 0.6 is 0 Å². The van der Waals surface area contributed by atoms with Gasteiger partial charge in [-0.15, -0.1) is 0 Å². The number of carboxylic acids is 1. The van der Waals surface area contributed by atoms with Gasteiger partial charge in [-0.1, -0.05) is 19.8 Å². The summed E-state index contributed by atoms with van der Waals surface area (Å²) in [6, 6.07) is 3.35. The van der Waals surface area contributed by atoms with Crippen LogP contribution in [0.25, 0.3) is 6.08 Å². The molecule has 2 N–H and O–H groups in total. The molecule has 0 aliphatic heterocycles. The Morgan fingerprint density at radius 1 is 1.40 bits per heavy atom. The number of rotatable bonds is 4. The van der Waals surface area contributed by atoms with Crippen LogP contribution in [0.3, 0.4) is 0 Å². The van der Waals surface area contributed by atoms with Crippen LogP contribution in [0, 0.1) is 5.41 Å². The van der Waals surface area contributed by atoms with Crippen molar-refractivity contribution in [1.29, 1.82) is 0 Å². The zero-order valence-electron chi connectivity index (χ0n) is 11.4. The Bertz CT molecular complexity index is 546. The highest BCUT2D eigenvalue weighted by molar-refractivity contribution is 5.94. The van der Waals surface area contributed by atoms with Crippen molar-refractivity contribution in [3.05, 3.63) is 30.0 Å². The molecule has 5 heteroatoms. The van der Waals surface area contributed by atoms with Crippen LogP contribution in [0.5, 0.6) is 0 Å². The second-order valence-corrected chi connectivity index (χ2v) is 5.37. The van der Waals surface area contributed by atoms with Gasteiger partial charge in [0.05, 0.1) is 0 Å². The fourth-order valence-electron chi connectivity index (χ4n) is 2.44. The molecule has 0 radical (unpaired) electrons. The fraction of sp³-hybridized carbons (Fsp3) is 0.400. The summed E-state index contributed by atoms with van der Waals surface area (Å²) in [5.74, 6) is -0.566. The molecular formula is C15H18N2O3. The normalized spacial score (nSPS) is 17.2. The van der Waals surface area contributed by atoms with E-state index >= 15 is 0 Å². The van der Waals surface area contributed by atoms with Gasteiger partial charge in [0.25, 0.3) is 0 Å². The molecule has 1 fully saturated rings. The summed E-state index contributed by atoms with van der Waals surface area (Å²) in [5, 5.41) is 11.4. The molecule has 1 aliphatic rings. The molecule has 20 heavy (non-hydrogen) atoms. The number of carbonyl (C=O) groups excluding carboxylic acids is 1. The van der Waals surface area contributed by atoms with Crippen LogP contribution in [-0.4, -0.2) is 22.0 Å². The Kier molecular flexibility index (Phi) is 4.17. The average Bonchev–Trinajstić information content (AvgIpc) is 2.85. The quantitative estimate of drug-likeness (QED) is 0.827. The number of carboxylic acid groups (broad SMARTS) is 1. The molecule has 1 saturated carbocycles. The molecule has 1 amide bonds. The standard InChI is InChI=1S/C15H18N2O3/c1-15(7-2-3-8-15)14(20)17-12-10-11(6-9-16-12)4-5-13(18)19/h4-6,9-10H,2-3,7-8H2,1H3,(H,18,19)(H,16,17,20)/b5-4+. The molecule has 5 nitrogen and oxygen atoms in total. The second-order valence-electron chi connectivity index (χ2n) is 5.37. The number of anilines is 1. The topological polar surface area (TPSA) is 79.3 Å². The molecule has 1 aromatic rings. The lowest BCUT2D eigenvalue weighted by molar-refractivity contribution is -0.131. The Labute approximate surface area is 117 Å². The maximum absolute atomic E-state index is 12.3. The van der Waals surface area contributed by atoms with E-state index in [1.807, 2.05) is 6.92 Å². The molecule has 0 unspecified atom stereocenters. The largest absolute Gasteiger partial charge is 0.478 e. The Morgan fingerprint density at radius 2 is 2.10 bits per heavy atom. The lowest BCUT2D eigenvalue weighted by Crippen LogP contribution is -2.31. The Hall–Kier alpha value is -2.17. The average molecular weight is 274 g/mol. The number of nitrogens with zero attached hydrogens (tertiary/aromatic N) is 1. The molecule has 0 spiro atoms. The summed E-state index contributed by atoms with van der Waals surface area (Å²) >= 11 is 0. The van der Waals surface area contributed by atoms with E-state index in [-0.39, 0.29) is 11.3 Å². The first kappa shape index (κ1) is 14.2. The van der Waals surface area contributed by atoms with Gasteiger partial charge >= 0.3 is 5.97 Å². The van der Waals surface area contributed by atoms with Gasteiger partial charge < -0.3 is 10.4 Å². The van der Waals surface area contributed by atoms with E-state index in [1.54, 1.807) is 18.3 Å². The van der Waals surface area contributed by atoms with E-state index in [0.717, 1.165) is 31.8 Å². The summed E-state index contributed by atoms with van der Waals surface area (Å²) in [6.07, 6.45) is 8.04. The number of pyridine rings is 1. The molecule has 106 valence electrons. The van der Waals surface area contributed by atoms with Crippen molar-refractivity contribution in [2.45, 2.75) is 32.6 Å². The summed E-state index contributed by atoms with van der Waals surface area (Å²) in [7, 11) is 0. The van der Waals surface area contributed by atoms with E-state index in [0.29, 0.717) is 11.4 Å². The van der Waals surface area contributed by atoms with Gasteiger partial charge in [0.15, 0.2) is 0 Å². The summed E-state index contributed by atoms with van der Waals surface area (Å²) in [4.78, 5) is 26.8. The van der Waals surface area contributed by atoms with E-state index in [1.165, 1.54) is 6.08 Å². The first-order valence-corrected chi connectivity index (χ1v) is 6.68. The smallest absolute Gasteiger partial charge is 0.328 e. The molecule has 0 saturated heterocycles. The minimum absolute atomic E-state index is 0.0122. The Balaban J connectivity index is 2.08. The van der Waals surface area contributed by atoms with E-state index in [4.69, 9.17) is 5.11 Å². The zero-order valence-corrected chi connectivity index (χ0v) is 11.4. The number of hydrogen-bond acceptors (Lipinski definition) is 3. The van der Waals surface area contributed by atoms with Gasteiger partial charge in [-0.25, -0.2) is 9.78 Å². The van der Waals surface area contributed by atoms with Crippen molar-refractivity contribution < 1.29 is 14.7 Å². The maximum atomic E-state index is 12.3. The third kappa shape index (κ3) is 3.44. The number of carbonyl (C=O) groups is 2. The Morgan fingerprint density at radius 3 is 2.75 bits per heavy atom. The highest BCUT2D eigenvalue weighted by atomic mass is 16.4. The van der Waals surface area contributed by atoms with E-state index in [2.05, 4.69) is 10.3 Å². The van der Waals surface area contributed by atoms with Crippen molar-refractivity contribution in [3.63, 3.8) is 0 Å². The van der Waals surface area contributed by atoms with Crippen LogP contribution in [0.15, 0.2) is 24.4 Å². The molecule has 0 atom stereocenters. The molecule has 0 aromatic carbocycles. The van der Waals surface area contributed by atoms with Crippen molar-refractivity contribution in [2.75, 3.05) is 5.32 Å². The molecular weight excluding hydrogens is 256 g/mol. The second kappa shape index (κ2) is 5.86. The van der Waals surface area contributed by atoms with Gasteiger partial charge in [-0.3, -0.25) is 4.79 Å². The SMILES string of the molecule is CC1(C(=O)Nc2cc(/C=C/C(=O)O)ccn2)CCCC1. The van der Waals surface area contributed by atoms with Gasteiger partial charge in [0.1, 0.15) is 5.82 Å². The number of aliphatic carboxylic acids is 1.